The smallest absolute Gasteiger partial charge is 0.240 e. The van der Waals surface area contributed by atoms with Gasteiger partial charge < -0.3 is 4.90 Å². The molecule has 1 aromatic carbocycles. The van der Waals surface area contributed by atoms with Gasteiger partial charge in [0.25, 0.3) is 0 Å². The van der Waals surface area contributed by atoms with Crippen molar-refractivity contribution in [2.45, 2.75) is 44.4 Å². The van der Waals surface area contributed by atoms with Crippen LogP contribution in [-0.4, -0.2) is 44.3 Å². The number of nitrogens with zero attached hydrogens (tertiary/aromatic N) is 3. The number of rotatable bonds is 10. The van der Waals surface area contributed by atoms with Crippen molar-refractivity contribution in [3.63, 3.8) is 0 Å². The van der Waals surface area contributed by atoms with Crippen LogP contribution in [-0.2, 0) is 16.4 Å². The molecule has 0 spiro atoms. The summed E-state index contributed by atoms with van der Waals surface area (Å²) < 4.78 is 26.2. The number of nitrogens with one attached hydrogen (secondary N) is 1. The van der Waals surface area contributed by atoms with E-state index in [0.29, 0.717) is 5.69 Å². The highest BCUT2D eigenvalue weighted by molar-refractivity contribution is 7.89. The van der Waals surface area contributed by atoms with Crippen LogP contribution in [0.25, 0.3) is 0 Å². The van der Waals surface area contributed by atoms with E-state index in [1.807, 2.05) is 0 Å². The predicted octanol–water partition coefficient (Wildman–Crippen LogP) is 2.74. The van der Waals surface area contributed by atoms with Gasteiger partial charge in [0.2, 0.25) is 10.0 Å². The molecule has 3 rings (SSSR count). The van der Waals surface area contributed by atoms with Crippen molar-refractivity contribution >= 4 is 21.6 Å². The second kappa shape index (κ2) is 9.00. The zero-order chi connectivity index (χ0) is 21.0. The van der Waals surface area contributed by atoms with Crippen LogP contribution in [0.2, 0.25) is 0 Å². The number of carbonyl (C=O) groups is 1. The Labute approximate surface area is 172 Å². The van der Waals surface area contributed by atoms with E-state index in [4.69, 9.17) is 0 Å². The van der Waals surface area contributed by atoms with Crippen LogP contribution in [0.1, 0.15) is 47.8 Å². The number of sulfonamides is 1. The topological polar surface area (TPSA) is 92.3 Å². The third kappa shape index (κ3) is 5.39. The second-order valence-corrected chi connectivity index (χ2v) is 9.43. The molecule has 0 saturated heterocycles. The molecule has 1 saturated carbocycles. The van der Waals surface area contributed by atoms with Gasteiger partial charge in [-0.3, -0.25) is 4.79 Å². The minimum absolute atomic E-state index is 0.108. The summed E-state index contributed by atoms with van der Waals surface area (Å²) in [7, 11) is -2.13. The van der Waals surface area contributed by atoms with Crippen molar-refractivity contribution in [2.75, 3.05) is 25.0 Å². The Balaban J connectivity index is 1.77. The molecule has 2 aromatic rings. The van der Waals surface area contributed by atoms with E-state index in [1.54, 1.807) is 25.1 Å². The molecule has 8 heteroatoms. The number of carbonyl (C=O) groups excluding carboxylic acids is 1. The summed E-state index contributed by atoms with van der Waals surface area (Å²) in [5, 5.41) is 0. The minimum atomic E-state index is -3.50. The standard InChI is InChI=1S/C21H28N4O3S/c1-4-9-25(13-16-5-6-16)21-12-19(23-14-24-21)20(26)11-17-7-8-18(10-15(17)2)29(27,28)22-3/h7-8,10,12,14,16,22H,4-6,9,11,13H2,1-3H3. The molecule has 0 unspecified atom stereocenters. The predicted molar refractivity (Wildman–Crippen MR) is 113 cm³/mol. The average molecular weight is 417 g/mol. The van der Waals surface area contributed by atoms with Crippen molar-refractivity contribution in [2.24, 2.45) is 5.92 Å². The van der Waals surface area contributed by atoms with E-state index < -0.39 is 10.0 Å². The lowest BCUT2D eigenvalue weighted by Gasteiger charge is -2.23. The summed E-state index contributed by atoms with van der Waals surface area (Å²) in [5.74, 6) is 1.42. The van der Waals surface area contributed by atoms with Crippen molar-refractivity contribution in [1.82, 2.24) is 14.7 Å². The Bertz CT molecular complexity index is 987. The number of aryl methyl sites for hydroxylation is 1. The molecule has 0 radical (unpaired) electrons. The van der Waals surface area contributed by atoms with E-state index in [1.165, 1.54) is 32.3 Å². The third-order valence-electron chi connectivity index (χ3n) is 5.18. The van der Waals surface area contributed by atoms with Gasteiger partial charge in [-0.1, -0.05) is 13.0 Å². The quantitative estimate of drug-likeness (QED) is 0.599. The molecule has 1 aliphatic rings. The van der Waals surface area contributed by atoms with E-state index in [2.05, 4.69) is 26.5 Å². The van der Waals surface area contributed by atoms with Gasteiger partial charge in [-0.2, -0.15) is 0 Å². The molecule has 0 aliphatic heterocycles. The van der Waals surface area contributed by atoms with Gasteiger partial charge in [-0.15, -0.1) is 0 Å². The summed E-state index contributed by atoms with van der Waals surface area (Å²) in [6.07, 6.45) is 5.15. The van der Waals surface area contributed by atoms with Gasteiger partial charge in [0.1, 0.15) is 17.8 Å². The maximum atomic E-state index is 12.8. The molecule has 1 heterocycles. The van der Waals surface area contributed by atoms with Crippen LogP contribution < -0.4 is 9.62 Å². The fraction of sp³-hybridized carbons (Fsp3) is 0.476. The number of hydrogen-bond donors (Lipinski definition) is 1. The molecule has 0 amide bonds. The highest BCUT2D eigenvalue weighted by atomic mass is 32.2. The van der Waals surface area contributed by atoms with Crippen molar-refractivity contribution in [1.29, 1.82) is 0 Å². The molecular formula is C21H28N4O3S. The van der Waals surface area contributed by atoms with E-state index in [-0.39, 0.29) is 17.1 Å². The molecular weight excluding hydrogens is 388 g/mol. The zero-order valence-corrected chi connectivity index (χ0v) is 18.0. The number of anilines is 1. The second-order valence-electron chi connectivity index (χ2n) is 7.55. The van der Waals surface area contributed by atoms with Crippen LogP contribution in [0.5, 0.6) is 0 Å². The zero-order valence-electron chi connectivity index (χ0n) is 17.2. The highest BCUT2D eigenvalue weighted by Crippen LogP contribution is 2.31. The molecule has 156 valence electrons. The molecule has 0 atom stereocenters. The maximum absolute atomic E-state index is 12.8. The van der Waals surface area contributed by atoms with E-state index >= 15 is 0 Å². The number of Topliss-reactive ketones (excluding diaryl/α,β-unsaturated/α-hetero) is 1. The third-order valence-corrected chi connectivity index (χ3v) is 6.59. The molecule has 0 bridgehead atoms. The van der Waals surface area contributed by atoms with Crippen LogP contribution >= 0.6 is 0 Å². The first kappa shape index (κ1) is 21.4. The van der Waals surface area contributed by atoms with E-state index in [0.717, 1.165) is 42.4 Å². The first-order valence-electron chi connectivity index (χ1n) is 9.97. The Morgan fingerprint density at radius 2 is 2.00 bits per heavy atom. The summed E-state index contributed by atoms with van der Waals surface area (Å²) in [5.41, 5.74) is 1.93. The van der Waals surface area contributed by atoms with Crippen LogP contribution in [0, 0.1) is 12.8 Å². The van der Waals surface area contributed by atoms with Gasteiger partial charge in [0, 0.05) is 25.6 Å². The molecule has 7 nitrogen and oxygen atoms in total. The number of ketones is 1. The number of aromatic nitrogens is 2. The van der Waals surface area contributed by atoms with Gasteiger partial charge in [0.05, 0.1) is 4.90 Å². The first-order chi connectivity index (χ1) is 13.8. The van der Waals surface area contributed by atoms with Crippen LogP contribution in [0.15, 0.2) is 35.5 Å². The Morgan fingerprint density at radius 1 is 1.24 bits per heavy atom. The summed E-state index contributed by atoms with van der Waals surface area (Å²) in [4.78, 5) is 23.8. The van der Waals surface area contributed by atoms with E-state index in [9.17, 15) is 13.2 Å². The summed E-state index contributed by atoms with van der Waals surface area (Å²) >= 11 is 0. The summed E-state index contributed by atoms with van der Waals surface area (Å²) in [6, 6.07) is 6.57. The highest BCUT2D eigenvalue weighted by Gasteiger charge is 2.25. The largest absolute Gasteiger partial charge is 0.356 e. The first-order valence-corrected chi connectivity index (χ1v) is 11.5. The number of benzene rings is 1. The Kier molecular flexibility index (Phi) is 6.64. The lowest BCUT2D eigenvalue weighted by molar-refractivity contribution is 0.0988. The Morgan fingerprint density at radius 3 is 2.62 bits per heavy atom. The molecule has 29 heavy (non-hydrogen) atoms. The van der Waals surface area contributed by atoms with Gasteiger partial charge in [-0.05, 0) is 62.4 Å². The lowest BCUT2D eigenvalue weighted by atomic mass is 10.0. The molecule has 1 aromatic heterocycles. The molecule has 1 aliphatic carbocycles. The Hall–Kier alpha value is -2.32. The molecule has 1 N–H and O–H groups in total. The van der Waals surface area contributed by atoms with Crippen LogP contribution in [0.4, 0.5) is 5.82 Å². The minimum Gasteiger partial charge on any atom is -0.356 e. The lowest BCUT2D eigenvalue weighted by Crippen LogP contribution is -2.27. The van der Waals surface area contributed by atoms with Crippen molar-refractivity contribution in [3.05, 3.63) is 47.4 Å². The van der Waals surface area contributed by atoms with Gasteiger partial charge >= 0.3 is 0 Å². The monoisotopic (exact) mass is 416 g/mol. The normalized spacial score (nSPS) is 14.0. The van der Waals surface area contributed by atoms with Crippen LogP contribution in [0.3, 0.4) is 0 Å². The average Bonchev–Trinajstić information content (AvgIpc) is 3.53. The maximum Gasteiger partial charge on any atom is 0.240 e. The summed E-state index contributed by atoms with van der Waals surface area (Å²) in [6.45, 7) is 5.82. The van der Waals surface area contributed by atoms with Crippen molar-refractivity contribution in [3.8, 4) is 0 Å². The fourth-order valence-corrected chi connectivity index (χ4v) is 4.08. The number of hydrogen-bond acceptors (Lipinski definition) is 6. The molecule has 1 fully saturated rings. The SMILES string of the molecule is CCCN(CC1CC1)c1cc(C(=O)Cc2ccc(S(=O)(=O)NC)cc2C)ncn1. The van der Waals surface area contributed by atoms with Crippen molar-refractivity contribution < 1.29 is 13.2 Å². The van der Waals surface area contributed by atoms with Gasteiger partial charge in [-0.25, -0.2) is 23.1 Å². The fourth-order valence-electron chi connectivity index (χ4n) is 3.27. The van der Waals surface area contributed by atoms with Gasteiger partial charge in [0.15, 0.2) is 5.78 Å².